The summed E-state index contributed by atoms with van der Waals surface area (Å²) in [6, 6.07) is 29.4. The fraction of sp³-hybridized carbons (Fsp3) is 0.250. The van der Waals surface area contributed by atoms with Crippen molar-refractivity contribution in [3.05, 3.63) is 142 Å². The molecule has 44 heavy (non-hydrogen) atoms. The maximum Gasteiger partial charge on any atom is 0.310 e. The molecule has 8 bridgehead atoms. The highest BCUT2D eigenvalue weighted by Gasteiger charge is 2.11. The zero-order valence-electron chi connectivity index (χ0n) is 24.3. The lowest BCUT2D eigenvalue weighted by Crippen LogP contribution is -2.15. The Morgan fingerprint density at radius 3 is 1.02 bits per heavy atom. The van der Waals surface area contributed by atoms with Crippen molar-refractivity contribution in [2.75, 3.05) is 0 Å². The first-order valence-corrected chi connectivity index (χ1v) is 14.5. The molecule has 7 aliphatic rings. The van der Waals surface area contributed by atoms with Crippen molar-refractivity contribution in [1.82, 2.24) is 0 Å². The molecular weight excluding hydrogens is 560 g/mol. The minimum atomic E-state index is -0.993. The first-order valence-electron chi connectivity index (χ1n) is 14.5. The zero-order chi connectivity index (χ0) is 30.7. The number of aliphatic hydroxyl groups is 1. The maximum absolute atomic E-state index is 12.4. The fourth-order valence-electron chi connectivity index (χ4n) is 4.63. The number of esters is 3. The van der Waals surface area contributed by atoms with Crippen molar-refractivity contribution in [1.29, 1.82) is 0 Å². The monoisotopic (exact) mass is 594 g/mol. The van der Waals surface area contributed by atoms with Crippen LogP contribution in [0.2, 0.25) is 0 Å². The van der Waals surface area contributed by atoms with Gasteiger partial charge in [0.1, 0.15) is 19.8 Å². The lowest BCUT2D eigenvalue weighted by Gasteiger charge is -2.13. The van der Waals surface area contributed by atoms with Gasteiger partial charge in [0.25, 0.3) is 0 Å². The molecule has 7 aliphatic heterocycles. The van der Waals surface area contributed by atoms with E-state index >= 15 is 0 Å². The van der Waals surface area contributed by atoms with Gasteiger partial charge in [0.05, 0.1) is 25.9 Å². The van der Waals surface area contributed by atoms with Crippen LogP contribution in [0.15, 0.2) is 97.1 Å². The molecule has 1 unspecified atom stereocenters. The van der Waals surface area contributed by atoms with E-state index < -0.39 is 6.29 Å². The van der Waals surface area contributed by atoms with Gasteiger partial charge in [-0.25, -0.2) is 0 Å². The standard InChI is InChI=1S/C36H34O8/c37-33-17-25-1-2-26(4-3-25)18-34(38)42-22-30-13-15-32(16-14-30)24-44-36(40)20-28-7-5-27(6-8-28)19-35(39)43-23-31-11-9-29(10-12-31)21-41-33/h1-16,33,37H,17-24H2. The van der Waals surface area contributed by atoms with E-state index in [-0.39, 0.29) is 63.6 Å². The van der Waals surface area contributed by atoms with Gasteiger partial charge in [-0.1, -0.05) is 97.1 Å². The van der Waals surface area contributed by atoms with Crippen LogP contribution >= 0.6 is 0 Å². The molecule has 0 fully saturated rings. The summed E-state index contributed by atoms with van der Waals surface area (Å²) in [6.45, 7) is 0.631. The van der Waals surface area contributed by atoms with E-state index in [0.717, 1.165) is 44.5 Å². The van der Waals surface area contributed by atoms with Crippen LogP contribution in [0.4, 0.5) is 0 Å². The Balaban J connectivity index is 1.23. The molecule has 0 spiro atoms. The molecule has 226 valence electrons. The van der Waals surface area contributed by atoms with Crippen molar-refractivity contribution < 1.29 is 38.4 Å². The smallest absolute Gasteiger partial charge is 0.310 e. The third-order valence-corrected chi connectivity index (χ3v) is 7.19. The van der Waals surface area contributed by atoms with Crippen LogP contribution in [0, 0.1) is 0 Å². The molecule has 8 nitrogen and oxygen atoms in total. The Bertz CT molecular complexity index is 1540. The Morgan fingerprint density at radius 2 is 0.682 bits per heavy atom. The van der Waals surface area contributed by atoms with E-state index in [1.54, 1.807) is 24.3 Å². The number of rotatable bonds is 0. The van der Waals surface area contributed by atoms with Crippen molar-refractivity contribution in [3.63, 3.8) is 0 Å². The Hall–Kier alpha value is -4.79. The largest absolute Gasteiger partial charge is 0.461 e. The molecule has 0 amide bonds. The van der Waals surface area contributed by atoms with Crippen molar-refractivity contribution >= 4 is 17.9 Å². The summed E-state index contributed by atoms with van der Waals surface area (Å²) in [5, 5.41) is 10.4. The van der Waals surface area contributed by atoms with Crippen LogP contribution in [-0.4, -0.2) is 29.3 Å². The summed E-state index contributed by atoms with van der Waals surface area (Å²) in [7, 11) is 0. The summed E-state index contributed by atoms with van der Waals surface area (Å²) < 4.78 is 21.9. The third-order valence-electron chi connectivity index (χ3n) is 7.19. The molecule has 7 heterocycles. The van der Waals surface area contributed by atoms with Crippen molar-refractivity contribution in [3.8, 4) is 0 Å². The molecule has 0 aromatic heterocycles. The minimum absolute atomic E-state index is 0.113. The van der Waals surface area contributed by atoms with Crippen LogP contribution in [0.5, 0.6) is 0 Å². The van der Waals surface area contributed by atoms with Crippen LogP contribution in [0.25, 0.3) is 0 Å². The topological polar surface area (TPSA) is 108 Å². The molecule has 0 saturated heterocycles. The van der Waals surface area contributed by atoms with E-state index in [1.165, 1.54) is 0 Å². The van der Waals surface area contributed by atoms with Crippen LogP contribution in [0.3, 0.4) is 0 Å². The first-order chi connectivity index (χ1) is 21.4. The Morgan fingerprint density at radius 1 is 0.409 bits per heavy atom. The van der Waals surface area contributed by atoms with Crippen LogP contribution in [0.1, 0.15) is 44.5 Å². The van der Waals surface area contributed by atoms with Gasteiger partial charge in [0.2, 0.25) is 0 Å². The van der Waals surface area contributed by atoms with Gasteiger partial charge < -0.3 is 24.1 Å². The lowest BCUT2D eigenvalue weighted by molar-refractivity contribution is -0.145. The fourth-order valence-corrected chi connectivity index (χ4v) is 4.63. The summed E-state index contributed by atoms with van der Waals surface area (Å²) in [6.07, 6.45) is -0.330. The number of ether oxygens (including phenoxy) is 4. The van der Waals surface area contributed by atoms with Crippen molar-refractivity contribution in [2.45, 2.75) is 58.4 Å². The number of aliphatic hydroxyl groups excluding tert-OH is 1. The Kier molecular flexibility index (Phi) is 10.5. The molecule has 1 atom stereocenters. The van der Waals surface area contributed by atoms with Gasteiger partial charge in [-0.15, -0.1) is 0 Å². The summed E-state index contributed by atoms with van der Waals surface area (Å²) in [4.78, 5) is 37.2. The molecule has 1 N–H and O–H groups in total. The van der Waals surface area contributed by atoms with Crippen LogP contribution in [-0.2, 0) is 85.4 Å². The number of carbonyl (C=O) groups excluding carboxylic acids is 3. The quantitative estimate of drug-likeness (QED) is 0.226. The van der Waals surface area contributed by atoms with Gasteiger partial charge in [-0.05, 0) is 44.5 Å². The number of benzene rings is 4. The average molecular weight is 595 g/mol. The van der Waals surface area contributed by atoms with Crippen LogP contribution < -0.4 is 0 Å². The van der Waals surface area contributed by atoms with Crippen molar-refractivity contribution in [2.24, 2.45) is 0 Å². The molecular formula is C36H34O8. The number of hydrogen-bond acceptors (Lipinski definition) is 8. The molecule has 11 rings (SSSR count). The van der Waals surface area contributed by atoms with Gasteiger partial charge >= 0.3 is 17.9 Å². The van der Waals surface area contributed by atoms with E-state index in [2.05, 4.69) is 0 Å². The van der Waals surface area contributed by atoms with E-state index in [4.69, 9.17) is 18.9 Å². The molecule has 0 radical (unpaired) electrons. The maximum atomic E-state index is 12.4. The second-order valence-electron chi connectivity index (χ2n) is 10.7. The summed E-state index contributed by atoms with van der Waals surface area (Å²) >= 11 is 0. The Labute approximate surface area is 256 Å². The predicted octanol–water partition coefficient (Wildman–Crippen LogP) is 4.94. The second-order valence-corrected chi connectivity index (χ2v) is 10.7. The number of hydrogen-bond donors (Lipinski definition) is 1. The van der Waals surface area contributed by atoms with Gasteiger partial charge in [-0.3, -0.25) is 14.4 Å². The molecule has 8 heteroatoms. The van der Waals surface area contributed by atoms with E-state index in [9.17, 15) is 19.5 Å². The second kappa shape index (κ2) is 15.1. The minimum Gasteiger partial charge on any atom is -0.461 e. The first kappa shape index (κ1) is 30.7. The SMILES string of the molecule is O=C1Cc2ccc(cc2)CC(=O)OCc2ccc(cc2)COC(O)Cc2ccc(cc2)CC(=O)OCc2ccc(cc2)CO1. The lowest BCUT2D eigenvalue weighted by atomic mass is 10.1. The highest BCUT2D eigenvalue weighted by Crippen LogP contribution is 2.14. The van der Waals surface area contributed by atoms with E-state index in [1.807, 2.05) is 72.8 Å². The molecule has 4 aromatic rings. The van der Waals surface area contributed by atoms with E-state index in [0.29, 0.717) is 6.42 Å². The molecule has 0 saturated carbocycles. The number of carbonyl (C=O) groups is 3. The summed E-state index contributed by atoms with van der Waals surface area (Å²) in [5.41, 5.74) is 6.59. The summed E-state index contributed by atoms with van der Waals surface area (Å²) in [5.74, 6) is -1.05. The predicted molar refractivity (Wildman–Crippen MR) is 161 cm³/mol. The van der Waals surface area contributed by atoms with Gasteiger partial charge in [-0.2, -0.15) is 0 Å². The average Bonchev–Trinajstić information content (AvgIpc) is 3.03. The molecule has 4 aromatic carbocycles. The highest BCUT2D eigenvalue weighted by molar-refractivity contribution is 5.74. The molecule has 0 aliphatic carbocycles. The van der Waals surface area contributed by atoms with Gasteiger partial charge in [0, 0.05) is 6.42 Å². The zero-order valence-corrected chi connectivity index (χ0v) is 24.3. The van der Waals surface area contributed by atoms with Gasteiger partial charge in [0.15, 0.2) is 6.29 Å². The normalized spacial score (nSPS) is 17.3. The highest BCUT2D eigenvalue weighted by atomic mass is 16.6. The third kappa shape index (κ3) is 9.62.